The maximum Gasteiger partial charge on any atom is 0.299 e. The third-order valence-corrected chi connectivity index (χ3v) is 13.7. The van der Waals surface area contributed by atoms with Crippen molar-refractivity contribution in [3.05, 3.63) is 143 Å². The fraction of sp³-hybridized carbons (Fsp3) is 0.291. The number of rotatable bonds is 5. The van der Waals surface area contributed by atoms with Crippen LogP contribution < -0.4 is 4.57 Å². The highest BCUT2D eigenvalue weighted by molar-refractivity contribution is 6.20. The summed E-state index contributed by atoms with van der Waals surface area (Å²) in [5, 5.41) is 7.70. The molecule has 0 radical (unpaired) electrons. The van der Waals surface area contributed by atoms with Crippen LogP contribution in [0.25, 0.3) is 82.7 Å². The molecule has 10 rings (SSSR count). The third kappa shape index (κ3) is 5.28. The van der Waals surface area contributed by atoms with Crippen molar-refractivity contribution in [3.8, 4) is 28.2 Å². The monoisotopic (exact) mass is 759 g/mol. The Labute approximate surface area is 342 Å². The smallest absolute Gasteiger partial charge is 0.299 e. The van der Waals surface area contributed by atoms with E-state index in [4.69, 9.17) is 4.42 Å². The molecule has 0 fully saturated rings. The first-order valence-corrected chi connectivity index (χ1v) is 21.4. The zero-order valence-corrected chi connectivity index (χ0v) is 35.8. The SMILES string of the molecule is Cc1ccc2c(oc3cc4c5c(c6ccccc6c4cc32)C(C)(C)CCC5(C)C)c1-c1n(-c2c(C(C)C)cc(-c3ccccc3)cc2C(C)C)c2ccccc2[n+]1C. The van der Waals surface area contributed by atoms with E-state index >= 15 is 0 Å². The van der Waals surface area contributed by atoms with Crippen LogP contribution >= 0.6 is 0 Å². The van der Waals surface area contributed by atoms with Crippen molar-refractivity contribution < 1.29 is 8.98 Å². The van der Waals surface area contributed by atoms with E-state index in [2.05, 4.69) is 194 Å². The molecule has 1 aliphatic rings. The van der Waals surface area contributed by atoms with Crippen molar-refractivity contribution in [2.75, 3.05) is 0 Å². The minimum absolute atomic E-state index is 0.0432. The minimum Gasteiger partial charge on any atom is -0.455 e. The molecule has 2 heterocycles. The summed E-state index contributed by atoms with van der Waals surface area (Å²) in [6.07, 6.45) is 2.33. The van der Waals surface area contributed by atoms with Crippen molar-refractivity contribution in [2.24, 2.45) is 7.05 Å². The third-order valence-electron chi connectivity index (χ3n) is 13.7. The van der Waals surface area contributed by atoms with Crippen LogP contribution in [-0.2, 0) is 17.9 Å². The molecule has 0 atom stereocenters. The molecule has 0 amide bonds. The van der Waals surface area contributed by atoms with Crippen LogP contribution in [0.4, 0.5) is 0 Å². The second-order valence-electron chi connectivity index (χ2n) is 19.1. The first-order valence-electron chi connectivity index (χ1n) is 21.4. The highest BCUT2D eigenvalue weighted by Crippen LogP contribution is 2.53. The van der Waals surface area contributed by atoms with Crippen molar-refractivity contribution in [2.45, 2.75) is 97.8 Å². The molecule has 0 saturated heterocycles. The topological polar surface area (TPSA) is 21.9 Å². The molecule has 0 N–H and O–H groups in total. The van der Waals surface area contributed by atoms with Crippen LogP contribution in [-0.4, -0.2) is 4.57 Å². The fourth-order valence-corrected chi connectivity index (χ4v) is 10.6. The Hall–Kier alpha value is -5.67. The van der Waals surface area contributed by atoms with Gasteiger partial charge in [-0.3, -0.25) is 0 Å². The maximum atomic E-state index is 7.30. The summed E-state index contributed by atoms with van der Waals surface area (Å²) in [6, 6.07) is 43.2. The van der Waals surface area contributed by atoms with Gasteiger partial charge in [-0.15, -0.1) is 0 Å². The van der Waals surface area contributed by atoms with E-state index in [9.17, 15) is 0 Å². The highest BCUT2D eigenvalue weighted by Gasteiger charge is 2.40. The lowest BCUT2D eigenvalue weighted by Gasteiger charge is -2.43. The number of para-hydroxylation sites is 2. The zero-order valence-electron chi connectivity index (χ0n) is 35.8. The summed E-state index contributed by atoms with van der Waals surface area (Å²) < 4.78 is 12.3. The van der Waals surface area contributed by atoms with Crippen molar-refractivity contribution in [1.29, 1.82) is 0 Å². The summed E-state index contributed by atoms with van der Waals surface area (Å²) >= 11 is 0. The zero-order chi connectivity index (χ0) is 40.4. The van der Waals surface area contributed by atoms with Crippen LogP contribution in [0.3, 0.4) is 0 Å². The summed E-state index contributed by atoms with van der Waals surface area (Å²) in [5.74, 6) is 1.72. The molecule has 0 aliphatic heterocycles. The number of hydrogen-bond acceptors (Lipinski definition) is 1. The van der Waals surface area contributed by atoms with E-state index in [0.29, 0.717) is 11.8 Å². The van der Waals surface area contributed by atoms with Crippen molar-refractivity contribution >= 4 is 54.5 Å². The van der Waals surface area contributed by atoms with Crippen molar-refractivity contribution in [3.63, 3.8) is 0 Å². The largest absolute Gasteiger partial charge is 0.455 e. The van der Waals surface area contributed by atoms with Gasteiger partial charge in [0.1, 0.15) is 16.8 Å². The first kappa shape index (κ1) is 36.7. The Morgan fingerprint density at radius 2 is 1.19 bits per heavy atom. The molecule has 7 aromatic carbocycles. The summed E-state index contributed by atoms with van der Waals surface area (Å²) in [5.41, 5.74) is 16.2. The number of aromatic nitrogens is 2. The summed E-state index contributed by atoms with van der Waals surface area (Å²) in [7, 11) is 2.23. The van der Waals surface area contributed by atoms with Crippen LogP contribution in [0, 0.1) is 6.92 Å². The van der Waals surface area contributed by atoms with E-state index in [1.807, 2.05) is 0 Å². The Balaban J connectivity index is 1.33. The van der Waals surface area contributed by atoms with Gasteiger partial charge in [0.2, 0.25) is 0 Å². The van der Waals surface area contributed by atoms with Gasteiger partial charge in [0.25, 0.3) is 5.82 Å². The molecule has 3 heteroatoms. The molecule has 0 unspecified atom stereocenters. The van der Waals surface area contributed by atoms with Crippen molar-refractivity contribution in [1.82, 2.24) is 4.57 Å². The van der Waals surface area contributed by atoms with Crippen LogP contribution in [0.2, 0.25) is 0 Å². The number of aryl methyl sites for hydroxylation is 2. The number of benzene rings is 7. The molecule has 1 aliphatic carbocycles. The van der Waals surface area contributed by atoms with Crippen LogP contribution in [0.5, 0.6) is 0 Å². The van der Waals surface area contributed by atoms with Gasteiger partial charge in [-0.25, -0.2) is 4.57 Å². The lowest BCUT2D eigenvalue weighted by atomic mass is 9.61. The number of nitrogens with zero attached hydrogens (tertiary/aromatic N) is 2. The van der Waals surface area contributed by atoms with Gasteiger partial charge in [-0.2, -0.15) is 4.57 Å². The predicted octanol–water partition coefficient (Wildman–Crippen LogP) is 14.9. The second-order valence-corrected chi connectivity index (χ2v) is 19.1. The fourth-order valence-electron chi connectivity index (χ4n) is 10.6. The molecule has 2 aromatic heterocycles. The van der Waals surface area contributed by atoms with E-state index in [1.54, 1.807) is 0 Å². The van der Waals surface area contributed by atoms with Gasteiger partial charge in [0.15, 0.2) is 16.6 Å². The molecular weight excluding hydrogens is 705 g/mol. The number of furan rings is 1. The summed E-state index contributed by atoms with van der Waals surface area (Å²) in [6.45, 7) is 21.4. The first-order chi connectivity index (χ1) is 27.8. The van der Waals surface area contributed by atoms with Crippen LogP contribution in [0.1, 0.15) is 108 Å². The van der Waals surface area contributed by atoms with Gasteiger partial charge < -0.3 is 4.42 Å². The Morgan fingerprint density at radius 3 is 1.86 bits per heavy atom. The molecule has 0 saturated carbocycles. The molecule has 9 aromatic rings. The molecular formula is C55H55N2O+. The Morgan fingerprint density at radius 1 is 0.586 bits per heavy atom. The quantitative estimate of drug-likeness (QED) is 0.126. The minimum atomic E-state index is 0.0432. The maximum absolute atomic E-state index is 7.30. The Kier molecular flexibility index (Phi) is 8.16. The van der Waals surface area contributed by atoms with E-state index in [0.717, 1.165) is 34.4 Å². The number of imidazole rings is 1. The average Bonchev–Trinajstić information content (AvgIpc) is 3.71. The second kappa shape index (κ2) is 12.9. The molecule has 0 spiro atoms. The Bertz CT molecular complexity index is 3100. The molecule has 290 valence electrons. The van der Waals surface area contributed by atoms with Gasteiger partial charge >= 0.3 is 0 Å². The highest BCUT2D eigenvalue weighted by atomic mass is 16.3. The normalized spacial score (nSPS) is 15.2. The van der Waals surface area contributed by atoms with Gasteiger partial charge in [-0.1, -0.05) is 134 Å². The molecule has 3 nitrogen and oxygen atoms in total. The number of fused-ring (bicyclic) bond motifs is 10. The number of hydrogen-bond donors (Lipinski definition) is 0. The van der Waals surface area contributed by atoms with Gasteiger partial charge in [0.05, 0.1) is 7.05 Å². The lowest BCUT2D eigenvalue weighted by Crippen LogP contribution is -2.34. The van der Waals surface area contributed by atoms with Gasteiger partial charge in [-0.05, 0) is 128 Å². The van der Waals surface area contributed by atoms with Gasteiger partial charge in [0, 0.05) is 21.9 Å². The standard InChI is InChI=1S/C55H55N2O/c1-32(2)40-28-36(35-18-12-11-13-19-35)29-41(33(3)4)51(40)57-46-23-17-16-22-45(46)56(10)53(57)48-34(5)24-25-39-43-30-42-37-20-14-15-21-38(37)49-50(44(42)31-47(43)58-52(39)48)55(8,9)27-26-54(49,6)7/h11-25,28-33H,26-27H2,1-10H3/q+1. The molecule has 0 bridgehead atoms. The average molecular weight is 760 g/mol. The van der Waals surface area contributed by atoms with Crippen LogP contribution in [0.15, 0.2) is 120 Å². The van der Waals surface area contributed by atoms with E-state index < -0.39 is 0 Å². The summed E-state index contributed by atoms with van der Waals surface area (Å²) in [4.78, 5) is 0. The predicted molar refractivity (Wildman–Crippen MR) is 246 cm³/mol. The van der Waals surface area contributed by atoms with E-state index in [1.165, 1.54) is 89.0 Å². The molecule has 58 heavy (non-hydrogen) atoms. The van der Waals surface area contributed by atoms with E-state index in [-0.39, 0.29) is 10.8 Å². The lowest BCUT2D eigenvalue weighted by molar-refractivity contribution is -0.633.